The third-order valence-corrected chi connectivity index (χ3v) is 3.82. The quantitative estimate of drug-likeness (QED) is 0.721. The Hall–Kier alpha value is -1.09. The fraction of sp³-hybridized carbons (Fsp3) is 0.333. The summed E-state index contributed by atoms with van der Waals surface area (Å²) in [6.07, 6.45) is 5.44. The fourth-order valence-electron chi connectivity index (χ4n) is 1.25. The summed E-state index contributed by atoms with van der Waals surface area (Å²) < 4.78 is 23.5. The van der Waals surface area contributed by atoms with Crippen molar-refractivity contribution in [1.29, 1.82) is 0 Å². The van der Waals surface area contributed by atoms with Gasteiger partial charge in [-0.25, -0.2) is 8.42 Å². The van der Waals surface area contributed by atoms with Crippen LogP contribution in [0.2, 0.25) is 0 Å². The Morgan fingerprint density at radius 1 is 1.13 bits per heavy atom. The van der Waals surface area contributed by atoms with Crippen molar-refractivity contribution < 1.29 is 8.42 Å². The Morgan fingerprint density at radius 3 is 2.40 bits per heavy atom. The predicted octanol–water partition coefficient (Wildman–Crippen LogP) is 2.82. The molecule has 1 rings (SSSR count). The second-order valence-corrected chi connectivity index (χ2v) is 5.41. The first kappa shape index (κ1) is 12.0. The molecule has 0 saturated heterocycles. The standard InChI is InChI=1S/C12H16O2S/c1-2-3-4-8-11-15(13,14)12-9-6-5-7-10-12/h3-7,9-10H,2,8,11H2,1H3. The summed E-state index contributed by atoms with van der Waals surface area (Å²) >= 11 is 0. The maximum atomic E-state index is 11.8. The Kier molecular flexibility index (Phi) is 4.56. The van der Waals surface area contributed by atoms with Gasteiger partial charge in [-0.15, -0.1) is 0 Å². The molecular formula is C12H16O2S. The van der Waals surface area contributed by atoms with Crippen LogP contribution in [0.5, 0.6) is 0 Å². The first-order valence-electron chi connectivity index (χ1n) is 5.09. The van der Waals surface area contributed by atoms with Crippen molar-refractivity contribution >= 4 is 9.84 Å². The van der Waals surface area contributed by atoms with Gasteiger partial charge in [0.2, 0.25) is 0 Å². The minimum Gasteiger partial charge on any atom is -0.224 e. The summed E-state index contributed by atoms with van der Waals surface area (Å²) in [5.41, 5.74) is 0. The molecule has 2 nitrogen and oxygen atoms in total. The molecule has 0 saturated carbocycles. The lowest BCUT2D eigenvalue weighted by Crippen LogP contribution is -2.05. The van der Waals surface area contributed by atoms with Crippen LogP contribution in [0, 0.1) is 0 Å². The molecule has 0 atom stereocenters. The number of hydrogen-bond donors (Lipinski definition) is 0. The number of sulfone groups is 1. The van der Waals surface area contributed by atoms with Gasteiger partial charge >= 0.3 is 0 Å². The number of rotatable bonds is 5. The minimum absolute atomic E-state index is 0.188. The van der Waals surface area contributed by atoms with Crippen molar-refractivity contribution in [3.8, 4) is 0 Å². The Morgan fingerprint density at radius 2 is 1.80 bits per heavy atom. The first-order chi connectivity index (χ1) is 7.17. The zero-order valence-corrected chi connectivity index (χ0v) is 9.70. The minimum atomic E-state index is -3.09. The van der Waals surface area contributed by atoms with Gasteiger partial charge < -0.3 is 0 Å². The number of benzene rings is 1. The topological polar surface area (TPSA) is 34.1 Å². The summed E-state index contributed by atoms with van der Waals surface area (Å²) in [7, 11) is -3.09. The molecule has 0 amide bonds. The van der Waals surface area contributed by atoms with Crippen molar-refractivity contribution in [2.24, 2.45) is 0 Å². The van der Waals surface area contributed by atoms with Crippen LogP contribution < -0.4 is 0 Å². The van der Waals surface area contributed by atoms with E-state index in [0.717, 1.165) is 6.42 Å². The Balaban J connectivity index is 2.65. The van der Waals surface area contributed by atoms with E-state index in [0.29, 0.717) is 11.3 Å². The van der Waals surface area contributed by atoms with Crippen molar-refractivity contribution in [1.82, 2.24) is 0 Å². The summed E-state index contributed by atoms with van der Waals surface area (Å²) in [6.45, 7) is 2.03. The van der Waals surface area contributed by atoms with Crippen LogP contribution >= 0.6 is 0 Å². The highest BCUT2D eigenvalue weighted by atomic mass is 32.2. The van der Waals surface area contributed by atoms with E-state index in [9.17, 15) is 8.42 Å². The number of hydrogen-bond acceptors (Lipinski definition) is 2. The average molecular weight is 224 g/mol. The van der Waals surface area contributed by atoms with Gasteiger partial charge in [-0.1, -0.05) is 37.3 Å². The Bertz CT molecular complexity index is 405. The molecular weight excluding hydrogens is 208 g/mol. The molecule has 0 unspecified atom stereocenters. The van der Waals surface area contributed by atoms with E-state index in [4.69, 9.17) is 0 Å². The SMILES string of the molecule is CCC=CCCS(=O)(=O)c1ccccc1. The largest absolute Gasteiger partial charge is 0.224 e. The molecule has 0 heterocycles. The summed E-state index contributed by atoms with van der Waals surface area (Å²) in [4.78, 5) is 0.412. The predicted molar refractivity (Wildman–Crippen MR) is 62.5 cm³/mol. The van der Waals surface area contributed by atoms with E-state index in [1.807, 2.05) is 25.1 Å². The van der Waals surface area contributed by atoms with Crippen molar-refractivity contribution in [2.75, 3.05) is 5.75 Å². The first-order valence-corrected chi connectivity index (χ1v) is 6.75. The van der Waals surface area contributed by atoms with E-state index < -0.39 is 9.84 Å². The van der Waals surface area contributed by atoms with Crippen LogP contribution in [-0.4, -0.2) is 14.2 Å². The Labute approximate surface area is 91.6 Å². The van der Waals surface area contributed by atoms with Gasteiger partial charge in [0.15, 0.2) is 9.84 Å². The molecule has 3 heteroatoms. The van der Waals surface area contributed by atoms with Crippen LogP contribution in [0.4, 0.5) is 0 Å². The van der Waals surface area contributed by atoms with Gasteiger partial charge in [-0.2, -0.15) is 0 Å². The molecule has 0 aliphatic heterocycles. The molecule has 0 aliphatic rings. The second kappa shape index (κ2) is 5.71. The van der Waals surface area contributed by atoms with Gasteiger partial charge in [-0.05, 0) is 25.0 Å². The van der Waals surface area contributed by atoms with E-state index in [-0.39, 0.29) is 5.75 Å². The van der Waals surface area contributed by atoms with E-state index in [1.165, 1.54) is 0 Å². The molecule has 1 aromatic carbocycles. The van der Waals surface area contributed by atoms with Crippen LogP contribution in [0.1, 0.15) is 19.8 Å². The molecule has 0 N–H and O–H groups in total. The third kappa shape index (κ3) is 3.88. The van der Waals surface area contributed by atoms with Crippen LogP contribution in [0.15, 0.2) is 47.4 Å². The van der Waals surface area contributed by atoms with Gasteiger partial charge in [0.05, 0.1) is 10.6 Å². The van der Waals surface area contributed by atoms with Crippen LogP contribution in [0.3, 0.4) is 0 Å². The highest BCUT2D eigenvalue weighted by Gasteiger charge is 2.11. The van der Waals surface area contributed by atoms with Gasteiger partial charge in [-0.3, -0.25) is 0 Å². The second-order valence-electron chi connectivity index (χ2n) is 3.30. The zero-order valence-electron chi connectivity index (χ0n) is 8.89. The van der Waals surface area contributed by atoms with Gasteiger partial charge in [0.25, 0.3) is 0 Å². The molecule has 1 aromatic rings. The van der Waals surface area contributed by atoms with Gasteiger partial charge in [0, 0.05) is 0 Å². The third-order valence-electron chi connectivity index (χ3n) is 2.06. The van der Waals surface area contributed by atoms with E-state index >= 15 is 0 Å². The highest BCUT2D eigenvalue weighted by molar-refractivity contribution is 7.91. The lowest BCUT2D eigenvalue weighted by molar-refractivity contribution is 0.595. The van der Waals surface area contributed by atoms with Crippen LogP contribution in [-0.2, 0) is 9.84 Å². The molecule has 15 heavy (non-hydrogen) atoms. The summed E-state index contributed by atoms with van der Waals surface area (Å²) in [5.74, 6) is 0.188. The molecule has 0 spiro atoms. The fourth-order valence-corrected chi connectivity index (χ4v) is 2.51. The highest BCUT2D eigenvalue weighted by Crippen LogP contribution is 2.11. The molecule has 0 bridgehead atoms. The van der Waals surface area contributed by atoms with Crippen molar-refractivity contribution in [2.45, 2.75) is 24.7 Å². The summed E-state index contributed by atoms with van der Waals surface area (Å²) in [6, 6.07) is 8.58. The smallest absolute Gasteiger partial charge is 0.178 e. The molecule has 0 radical (unpaired) electrons. The molecule has 82 valence electrons. The lowest BCUT2D eigenvalue weighted by atomic mass is 10.3. The van der Waals surface area contributed by atoms with Crippen LogP contribution in [0.25, 0.3) is 0 Å². The van der Waals surface area contributed by atoms with Crippen molar-refractivity contribution in [3.05, 3.63) is 42.5 Å². The van der Waals surface area contributed by atoms with E-state index in [1.54, 1.807) is 24.3 Å². The van der Waals surface area contributed by atoms with Gasteiger partial charge in [0.1, 0.15) is 0 Å². The number of allylic oxidation sites excluding steroid dienone is 2. The lowest BCUT2D eigenvalue weighted by Gasteiger charge is -2.01. The molecule has 0 fully saturated rings. The maximum absolute atomic E-state index is 11.8. The maximum Gasteiger partial charge on any atom is 0.178 e. The normalized spacial score (nSPS) is 12.1. The van der Waals surface area contributed by atoms with E-state index in [2.05, 4.69) is 0 Å². The summed E-state index contributed by atoms with van der Waals surface area (Å²) in [5, 5.41) is 0. The molecule has 0 aromatic heterocycles. The monoisotopic (exact) mass is 224 g/mol. The zero-order chi connectivity index (χ0) is 11.1. The average Bonchev–Trinajstić information content (AvgIpc) is 2.26. The van der Waals surface area contributed by atoms with Crippen molar-refractivity contribution in [3.63, 3.8) is 0 Å². The molecule has 0 aliphatic carbocycles.